The first-order chi connectivity index (χ1) is 13.2. The monoisotopic (exact) mass is 376 g/mol. The van der Waals surface area contributed by atoms with Crippen molar-refractivity contribution >= 4 is 33.3 Å². The molecule has 27 heavy (non-hydrogen) atoms. The smallest absolute Gasteiger partial charge is 0.229 e. The molecule has 4 aromatic rings. The van der Waals surface area contributed by atoms with Gasteiger partial charge in [-0.1, -0.05) is 30.3 Å². The maximum atomic E-state index is 12.7. The number of rotatable bonds is 6. The summed E-state index contributed by atoms with van der Waals surface area (Å²) in [6, 6.07) is 17.9. The third-order valence-electron chi connectivity index (χ3n) is 4.56. The van der Waals surface area contributed by atoms with Crippen LogP contribution < -0.4 is 11.1 Å². The highest BCUT2D eigenvalue weighted by Crippen LogP contribution is 2.35. The molecule has 4 rings (SSSR count). The Labute approximate surface area is 161 Å². The molecule has 4 N–H and O–H groups in total. The molecular formula is C21H20N4OS. The summed E-state index contributed by atoms with van der Waals surface area (Å²) >= 11 is 1.55. The summed E-state index contributed by atoms with van der Waals surface area (Å²) in [4.78, 5) is 21.2. The zero-order chi connectivity index (χ0) is 18.6. The number of hydrogen-bond donors (Lipinski definition) is 3. The van der Waals surface area contributed by atoms with Crippen LogP contribution in [0.5, 0.6) is 0 Å². The van der Waals surface area contributed by atoms with Crippen LogP contribution >= 0.6 is 11.3 Å². The molecule has 5 nitrogen and oxygen atoms in total. The summed E-state index contributed by atoms with van der Waals surface area (Å²) < 4.78 is 0. The number of nitrogens with zero attached hydrogens (tertiary/aromatic N) is 1. The first kappa shape index (κ1) is 17.5. The molecule has 0 saturated heterocycles. The van der Waals surface area contributed by atoms with Gasteiger partial charge in [0, 0.05) is 34.8 Å². The number of aromatic nitrogens is 2. The van der Waals surface area contributed by atoms with E-state index in [1.165, 1.54) is 0 Å². The molecule has 0 aliphatic rings. The van der Waals surface area contributed by atoms with Crippen molar-refractivity contribution in [2.24, 2.45) is 11.7 Å². The number of anilines is 1. The van der Waals surface area contributed by atoms with E-state index in [0.717, 1.165) is 32.0 Å². The Balaban J connectivity index is 1.50. The van der Waals surface area contributed by atoms with E-state index in [2.05, 4.69) is 15.3 Å². The predicted octanol–water partition coefficient (Wildman–Crippen LogP) is 4.05. The molecule has 1 aromatic carbocycles. The molecule has 0 saturated carbocycles. The minimum absolute atomic E-state index is 0.0451. The van der Waals surface area contributed by atoms with Gasteiger partial charge in [-0.3, -0.25) is 4.79 Å². The van der Waals surface area contributed by atoms with Crippen molar-refractivity contribution in [1.82, 2.24) is 9.97 Å². The number of hydrogen-bond acceptors (Lipinski definition) is 4. The van der Waals surface area contributed by atoms with E-state index in [1.54, 1.807) is 17.5 Å². The maximum absolute atomic E-state index is 12.7. The van der Waals surface area contributed by atoms with Gasteiger partial charge in [0.2, 0.25) is 5.91 Å². The SMILES string of the molecule is NCC(Cc1ccccc1)C(=O)Nc1ccc(-c2ccnc3[nH]ccc23)s1. The molecule has 1 unspecified atom stereocenters. The Hall–Kier alpha value is -2.96. The van der Waals surface area contributed by atoms with Crippen molar-refractivity contribution in [3.63, 3.8) is 0 Å². The number of H-pyrrole nitrogens is 1. The Morgan fingerprint density at radius 1 is 1.15 bits per heavy atom. The van der Waals surface area contributed by atoms with Crippen LogP contribution in [0.2, 0.25) is 0 Å². The van der Waals surface area contributed by atoms with E-state index < -0.39 is 0 Å². The number of benzene rings is 1. The lowest BCUT2D eigenvalue weighted by Gasteiger charge is -2.14. The van der Waals surface area contributed by atoms with E-state index >= 15 is 0 Å². The molecule has 0 spiro atoms. The van der Waals surface area contributed by atoms with Crippen LogP contribution in [-0.4, -0.2) is 22.4 Å². The normalized spacial score (nSPS) is 12.2. The second-order valence-corrected chi connectivity index (χ2v) is 7.46. The average molecular weight is 376 g/mol. The van der Waals surface area contributed by atoms with Gasteiger partial charge < -0.3 is 16.0 Å². The molecule has 0 radical (unpaired) electrons. The van der Waals surface area contributed by atoms with Gasteiger partial charge in [-0.15, -0.1) is 11.3 Å². The number of nitrogens with one attached hydrogen (secondary N) is 2. The number of nitrogens with two attached hydrogens (primary N) is 1. The molecule has 1 amide bonds. The van der Waals surface area contributed by atoms with E-state index in [-0.39, 0.29) is 11.8 Å². The number of aromatic amines is 1. The van der Waals surface area contributed by atoms with Crippen molar-refractivity contribution in [2.75, 3.05) is 11.9 Å². The first-order valence-corrected chi connectivity index (χ1v) is 9.63. The van der Waals surface area contributed by atoms with Gasteiger partial charge in [-0.2, -0.15) is 0 Å². The molecule has 1 atom stereocenters. The van der Waals surface area contributed by atoms with Crippen molar-refractivity contribution < 1.29 is 4.79 Å². The third kappa shape index (κ3) is 3.77. The van der Waals surface area contributed by atoms with Gasteiger partial charge in [0.05, 0.1) is 10.9 Å². The third-order valence-corrected chi connectivity index (χ3v) is 5.59. The molecule has 136 valence electrons. The van der Waals surface area contributed by atoms with E-state index in [4.69, 9.17) is 5.73 Å². The van der Waals surface area contributed by atoms with Crippen LogP contribution in [-0.2, 0) is 11.2 Å². The Bertz CT molecular complexity index is 1050. The molecule has 0 bridgehead atoms. The quantitative estimate of drug-likeness (QED) is 0.475. The van der Waals surface area contributed by atoms with Gasteiger partial charge in [-0.05, 0) is 36.2 Å². The van der Waals surface area contributed by atoms with Crippen molar-refractivity contribution in [3.05, 3.63) is 72.6 Å². The minimum atomic E-state index is -0.254. The fraction of sp³-hybridized carbons (Fsp3) is 0.143. The van der Waals surface area contributed by atoms with Crippen molar-refractivity contribution in [2.45, 2.75) is 6.42 Å². The molecule has 6 heteroatoms. The highest BCUT2D eigenvalue weighted by molar-refractivity contribution is 7.19. The number of carbonyl (C=O) groups is 1. The molecular weight excluding hydrogens is 356 g/mol. The van der Waals surface area contributed by atoms with Crippen LogP contribution in [0, 0.1) is 5.92 Å². The lowest BCUT2D eigenvalue weighted by molar-refractivity contribution is -0.119. The predicted molar refractivity (Wildman–Crippen MR) is 111 cm³/mol. The Kier molecular flexibility index (Phi) is 5.00. The number of thiophene rings is 1. The number of fused-ring (bicyclic) bond motifs is 1. The van der Waals surface area contributed by atoms with E-state index in [9.17, 15) is 4.79 Å². The number of amides is 1. The second-order valence-electron chi connectivity index (χ2n) is 6.37. The topological polar surface area (TPSA) is 83.8 Å². The summed E-state index contributed by atoms with van der Waals surface area (Å²) in [6.07, 6.45) is 4.30. The fourth-order valence-electron chi connectivity index (χ4n) is 3.13. The van der Waals surface area contributed by atoms with Gasteiger partial charge in [0.1, 0.15) is 5.65 Å². The van der Waals surface area contributed by atoms with Gasteiger partial charge in [0.15, 0.2) is 0 Å². The minimum Gasteiger partial charge on any atom is -0.346 e. The summed E-state index contributed by atoms with van der Waals surface area (Å²) in [5.74, 6) is -0.300. The summed E-state index contributed by atoms with van der Waals surface area (Å²) in [7, 11) is 0. The van der Waals surface area contributed by atoms with Crippen LogP contribution in [0.4, 0.5) is 5.00 Å². The second kappa shape index (κ2) is 7.73. The summed E-state index contributed by atoms with van der Waals surface area (Å²) in [6.45, 7) is 0.313. The maximum Gasteiger partial charge on any atom is 0.229 e. The van der Waals surface area contributed by atoms with Crippen molar-refractivity contribution in [3.8, 4) is 10.4 Å². The van der Waals surface area contributed by atoms with Crippen LogP contribution in [0.25, 0.3) is 21.5 Å². The standard InChI is InChI=1S/C21H20N4OS/c22-13-15(12-14-4-2-1-3-5-14)21(26)25-19-7-6-18(27-19)16-8-10-23-20-17(16)9-11-24-20/h1-11,15H,12-13,22H2,(H,23,24)(H,25,26). The summed E-state index contributed by atoms with van der Waals surface area (Å²) in [5.41, 5.74) is 8.93. The van der Waals surface area contributed by atoms with Crippen LogP contribution in [0.1, 0.15) is 5.56 Å². The largest absolute Gasteiger partial charge is 0.346 e. The van der Waals surface area contributed by atoms with E-state index in [1.807, 2.05) is 60.8 Å². The number of carbonyl (C=O) groups excluding carboxylic acids is 1. The Morgan fingerprint density at radius 3 is 2.81 bits per heavy atom. The number of pyridine rings is 1. The fourth-order valence-corrected chi connectivity index (χ4v) is 4.08. The molecule has 0 aliphatic heterocycles. The van der Waals surface area contributed by atoms with E-state index in [0.29, 0.717) is 13.0 Å². The molecule has 3 heterocycles. The van der Waals surface area contributed by atoms with Crippen molar-refractivity contribution in [1.29, 1.82) is 0 Å². The highest BCUT2D eigenvalue weighted by Gasteiger charge is 2.18. The first-order valence-electron chi connectivity index (χ1n) is 8.82. The zero-order valence-corrected chi connectivity index (χ0v) is 15.5. The zero-order valence-electron chi connectivity index (χ0n) is 14.7. The molecule has 0 fully saturated rings. The van der Waals surface area contributed by atoms with Gasteiger partial charge in [-0.25, -0.2) is 4.98 Å². The van der Waals surface area contributed by atoms with Gasteiger partial charge >= 0.3 is 0 Å². The molecule has 3 aromatic heterocycles. The van der Waals surface area contributed by atoms with Gasteiger partial charge in [0.25, 0.3) is 0 Å². The highest BCUT2D eigenvalue weighted by atomic mass is 32.1. The lowest BCUT2D eigenvalue weighted by atomic mass is 9.99. The molecule has 0 aliphatic carbocycles. The average Bonchev–Trinajstić information content (AvgIpc) is 3.36. The Morgan fingerprint density at radius 2 is 2.00 bits per heavy atom. The van der Waals surface area contributed by atoms with Crippen LogP contribution in [0.3, 0.4) is 0 Å². The van der Waals surface area contributed by atoms with Crippen LogP contribution in [0.15, 0.2) is 67.0 Å². The lowest BCUT2D eigenvalue weighted by Crippen LogP contribution is -2.30. The summed E-state index contributed by atoms with van der Waals surface area (Å²) in [5, 5.41) is 4.91.